The maximum Gasteiger partial charge on any atom is 0.419 e. The zero-order valence-corrected chi connectivity index (χ0v) is 16.6. The highest BCUT2D eigenvalue weighted by Gasteiger charge is 2.19. The van der Waals surface area contributed by atoms with Crippen LogP contribution in [0.3, 0.4) is 0 Å². The number of sulfonamides is 1. The third-order valence-corrected chi connectivity index (χ3v) is 5.79. The second kappa shape index (κ2) is 7.14. The van der Waals surface area contributed by atoms with Gasteiger partial charge in [0.15, 0.2) is 11.3 Å². The summed E-state index contributed by atoms with van der Waals surface area (Å²) in [6, 6.07) is 18.5. The number of aromatic nitrogens is 1. The van der Waals surface area contributed by atoms with E-state index in [1.165, 1.54) is 22.8 Å². The molecule has 4 aromatic rings. The van der Waals surface area contributed by atoms with Gasteiger partial charge in [0, 0.05) is 13.1 Å². The standard InChI is InChI=1S/C21H18N2O5S/c1-14-6-5-7-15(12-14)27-19-9-4-3-8-17(19)22-29(25,26)16-10-11-18-20(13-16)28-21(24)23(18)2/h3-13,22H,1-2H3. The molecule has 0 bridgehead atoms. The predicted octanol–water partition coefficient (Wildman–Crippen LogP) is 4.03. The van der Waals surface area contributed by atoms with Crippen molar-refractivity contribution in [1.82, 2.24) is 4.57 Å². The summed E-state index contributed by atoms with van der Waals surface area (Å²) < 4.78 is 40.6. The highest BCUT2D eigenvalue weighted by molar-refractivity contribution is 7.92. The van der Waals surface area contributed by atoms with Gasteiger partial charge in [-0.1, -0.05) is 24.3 Å². The fraction of sp³-hybridized carbons (Fsp3) is 0.0952. The van der Waals surface area contributed by atoms with Crippen LogP contribution in [0.1, 0.15) is 5.56 Å². The van der Waals surface area contributed by atoms with Crippen molar-refractivity contribution in [3.05, 3.63) is 82.8 Å². The van der Waals surface area contributed by atoms with Crippen LogP contribution >= 0.6 is 0 Å². The summed E-state index contributed by atoms with van der Waals surface area (Å²) >= 11 is 0. The minimum atomic E-state index is -3.93. The molecule has 0 fully saturated rings. The normalized spacial score (nSPS) is 11.5. The number of nitrogens with zero attached hydrogens (tertiary/aromatic N) is 1. The molecule has 0 aliphatic rings. The minimum absolute atomic E-state index is 0.0234. The molecule has 0 atom stereocenters. The summed E-state index contributed by atoms with van der Waals surface area (Å²) in [6.07, 6.45) is 0. The van der Waals surface area contributed by atoms with Crippen molar-refractivity contribution in [1.29, 1.82) is 0 Å². The second-order valence-electron chi connectivity index (χ2n) is 6.58. The highest BCUT2D eigenvalue weighted by Crippen LogP contribution is 2.31. The highest BCUT2D eigenvalue weighted by atomic mass is 32.2. The summed E-state index contributed by atoms with van der Waals surface area (Å²) in [4.78, 5) is 11.6. The van der Waals surface area contributed by atoms with Crippen LogP contribution in [0.2, 0.25) is 0 Å². The Morgan fingerprint density at radius 3 is 2.59 bits per heavy atom. The third-order valence-electron chi connectivity index (χ3n) is 4.42. The van der Waals surface area contributed by atoms with E-state index >= 15 is 0 Å². The van der Waals surface area contributed by atoms with E-state index in [0.29, 0.717) is 22.7 Å². The monoisotopic (exact) mass is 410 g/mol. The molecule has 0 spiro atoms. The Labute approximate surface area is 167 Å². The smallest absolute Gasteiger partial charge is 0.419 e. The maximum absolute atomic E-state index is 12.9. The Kier molecular flexibility index (Phi) is 4.63. The number of benzene rings is 3. The first-order valence-electron chi connectivity index (χ1n) is 8.79. The topological polar surface area (TPSA) is 90.5 Å². The zero-order chi connectivity index (χ0) is 20.6. The molecule has 7 nitrogen and oxygen atoms in total. The van der Waals surface area contributed by atoms with Crippen LogP contribution in [0.15, 0.2) is 80.8 Å². The fourth-order valence-corrected chi connectivity index (χ4v) is 4.02. The second-order valence-corrected chi connectivity index (χ2v) is 8.26. The lowest BCUT2D eigenvalue weighted by Crippen LogP contribution is -2.13. The zero-order valence-electron chi connectivity index (χ0n) is 15.7. The first-order valence-corrected chi connectivity index (χ1v) is 10.3. The largest absolute Gasteiger partial charge is 0.455 e. The number of para-hydroxylation sites is 2. The molecule has 29 heavy (non-hydrogen) atoms. The van der Waals surface area contributed by atoms with Crippen molar-refractivity contribution in [2.24, 2.45) is 7.05 Å². The lowest BCUT2D eigenvalue weighted by molar-refractivity contribution is 0.484. The molecule has 3 aromatic carbocycles. The van der Waals surface area contributed by atoms with Gasteiger partial charge in [-0.05, 0) is 48.9 Å². The first-order chi connectivity index (χ1) is 13.8. The molecule has 4 rings (SSSR count). The van der Waals surface area contributed by atoms with E-state index in [9.17, 15) is 13.2 Å². The number of fused-ring (bicyclic) bond motifs is 1. The average molecular weight is 410 g/mol. The molecule has 1 heterocycles. The van der Waals surface area contributed by atoms with Gasteiger partial charge in [0.1, 0.15) is 5.75 Å². The van der Waals surface area contributed by atoms with Gasteiger partial charge in [0.25, 0.3) is 10.0 Å². The van der Waals surface area contributed by atoms with E-state index in [2.05, 4.69) is 4.72 Å². The van der Waals surface area contributed by atoms with E-state index in [4.69, 9.17) is 9.15 Å². The van der Waals surface area contributed by atoms with Gasteiger partial charge in [-0.3, -0.25) is 9.29 Å². The van der Waals surface area contributed by atoms with Crippen LogP contribution in [0.5, 0.6) is 11.5 Å². The van der Waals surface area contributed by atoms with Gasteiger partial charge in [-0.25, -0.2) is 13.2 Å². The van der Waals surface area contributed by atoms with Crippen molar-refractivity contribution in [2.45, 2.75) is 11.8 Å². The summed E-state index contributed by atoms with van der Waals surface area (Å²) in [7, 11) is -2.38. The number of oxazole rings is 1. The molecule has 0 aliphatic carbocycles. The van der Waals surface area contributed by atoms with Crippen LogP contribution in [0.25, 0.3) is 11.1 Å². The number of aryl methyl sites for hydroxylation is 2. The molecular weight excluding hydrogens is 392 g/mol. The molecule has 0 amide bonds. The van der Waals surface area contributed by atoms with Crippen LogP contribution in [0, 0.1) is 6.92 Å². The lowest BCUT2D eigenvalue weighted by Gasteiger charge is -2.13. The van der Waals surface area contributed by atoms with Gasteiger partial charge in [-0.2, -0.15) is 0 Å². The number of anilines is 1. The van der Waals surface area contributed by atoms with Gasteiger partial charge in [0.05, 0.1) is 16.1 Å². The molecule has 0 unspecified atom stereocenters. The van der Waals surface area contributed by atoms with Gasteiger partial charge < -0.3 is 9.15 Å². The van der Waals surface area contributed by atoms with Gasteiger partial charge >= 0.3 is 5.76 Å². The van der Waals surface area contributed by atoms with Gasteiger partial charge in [0.2, 0.25) is 0 Å². The average Bonchev–Trinajstić information content (AvgIpc) is 2.97. The van der Waals surface area contributed by atoms with Crippen LogP contribution in [0.4, 0.5) is 5.69 Å². The lowest BCUT2D eigenvalue weighted by atomic mass is 10.2. The quantitative estimate of drug-likeness (QED) is 0.536. The molecule has 1 N–H and O–H groups in total. The molecular formula is C21H18N2O5S. The number of hydrogen-bond donors (Lipinski definition) is 1. The van der Waals surface area contributed by atoms with E-state index in [1.807, 2.05) is 25.1 Å². The Morgan fingerprint density at radius 1 is 1.00 bits per heavy atom. The molecule has 148 valence electrons. The van der Waals surface area contributed by atoms with Gasteiger partial charge in [-0.15, -0.1) is 0 Å². The number of hydrogen-bond acceptors (Lipinski definition) is 5. The Hall–Kier alpha value is -3.52. The first kappa shape index (κ1) is 18.8. The molecule has 0 radical (unpaired) electrons. The van der Waals surface area contributed by atoms with E-state index in [1.54, 1.807) is 37.4 Å². The maximum atomic E-state index is 12.9. The van der Waals surface area contributed by atoms with Crippen molar-refractivity contribution in [2.75, 3.05) is 4.72 Å². The summed E-state index contributed by atoms with van der Waals surface area (Å²) in [5.74, 6) is 0.414. The van der Waals surface area contributed by atoms with Crippen LogP contribution < -0.4 is 15.2 Å². The minimum Gasteiger partial charge on any atom is -0.455 e. The summed E-state index contributed by atoms with van der Waals surface area (Å²) in [5.41, 5.74) is 2.03. The van der Waals surface area contributed by atoms with Crippen LogP contribution in [-0.2, 0) is 17.1 Å². The van der Waals surface area contributed by atoms with Crippen molar-refractivity contribution < 1.29 is 17.6 Å². The van der Waals surface area contributed by atoms with Crippen molar-refractivity contribution in [3.8, 4) is 11.5 Å². The fourth-order valence-electron chi connectivity index (χ4n) is 2.93. The molecule has 0 aliphatic heterocycles. The Bertz CT molecular complexity index is 1370. The van der Waals surface area contributed by atoms with E-state index in [0.717, 1.165) is 5.56 Å². The Morgan fingerprint density at radius 2 is 1.79 bits per heavy atom. The van der Waals surface area contributed by atoms with Crippen LogP contribution in [-0.4, -0.2) is 13.0 Å². The molecule has 1 aromatic heterocycles. The molecule has 0 saturated heterocycles. The van der Waals surface area contributed by atoms with Crippen molar-refractivity contribution >= 4 is 26.8 Å². The number of ether oxygens (including phenoxy) is 1. The Balaban J connectivity index is 1.67. The van der Waals surface area contributed by atoms with E-state index < -0.39 is 15.8 Å². The number of nitrogens with one attached hydrogen (secondary N) is 1. The van der Waals surface area contributed by atoms with Crippen molar-refractivity contribution in [3.63, 3.8) is 0 Å². The third kappa shape index (κ3) is 3.74. The number of rotatable bonds is 5. The molecule has 0 saturated carbocycles. The summed E-state index contributed by atoms with van der Waals surface area (Å²) in [6.45, 7) is 1.94. The molecule has 8 heteroatoms. The predicted molar refractivity (Wildman–Crippen MR) is 110 cm³/mol. The SMILES string of the molecule is Cc1cccc(Oc2ccccc2NS(=O)(=O)c2ccc3c(c2)oc(=O)n3C)c1. The summed E-state index contributed by atoms with van der Waals surface area (Å²) in [5, 5.41) is 0. The van der Waals surface area contributed by atoms with E-state index in [-0.39, 0.29) is 10.5 Å².